The van der Waals surface area contributed by atoms with Crippen molar-refractivity contribution in [2.45, 2.75) is 84.5 Å². The maximum atomic E-state index is 2.76. The van der Waals surface area contributed by atoms with Crippen molar-refractivity contribution in [2.24, 2.45) is 0 Å². The van der Waals surface area contributed by atoms with Gasteiger partial charge in [0.25, 0.3) is 6.71 Å². The normalized spacial score (nSPS) is 15.3. The van der Waals surface area contributed by atoms with E-state index in [2.05, 4.69) is 168 Å². The summed E-state index contributed by atoms with van der Waals surface area (Å²) in [5, 5.41) is 4.19. The molecule has 3 aliphatic heterocycles. The van der Waals surface area contributed by atoms with E-state index >= 15 is 0 Å². The van der Waals surface area contributed by atoms with E-state index in [4.69, 9.17) is 0 Å². The van der Waals surface area contributed by atoms with Crippen molar-refractivity contribution in [3.63, 3.8) is 0 Å². The number of fused-ring (bicyclic) bond motifs is 11. The van der Waals surface area contributed by atoms with Crippen molar-refractivity contribution in [3.8, 4) is 22.5 Å². The van der Waals surface area contributed by atoms with Crippen LogP contribution in [0.1, 0.15) is 99.0 Å². The Kier molecular flexibility index (Phi) is 5.58. The van der Waals surface area contributed by atoms with E-state index in [0.717, 1.165) is 12.8 Å². The van der Waals surface area contributed by atoms with Gasteiger partial charge in [-0.25, -0.2) is 0 Å². The van der Waals surface area contributed by atoms with Crippen molar-refractivity contribution < 1.29 is 0 Å². The van der Waals surface area contributed by atoms with Crippen molar-refractivity contribution in [1.29, 1.82) is 0 Å². The van der Waals surface area contributed by atoms with Crippen LogP contribution in [0.5, 0.6) is 0 Å². The second-order valence-electron chi connectivity index (χ2n) is 18.1. The quantitative estimate of drug-likeness (QED) is 0.162. The van der Waals surface area contributed by atoms with Crippen LogP contribution in [0, 0.1) is 13.8 Å². The maximum Gasteiger partial charge on any atom is 0.252 e. The standard InChI is InChI=1S/C51H45BN2/c1-9-49(5,6)30-24-35-36-25-31(50(7,8)10-2)27-42-47(36)54-45(35)40(26-30)51(37-19-13-11-16-33(37)34-17-12-14-20-38(34)51)39-22-23-43-44(48(39)54)52(42)41-21-15-18-32-28(3)29(4)53(43)46(32)41/h11-27H,9-10H2,1-8H3. The monoisotopic (exact) mass is 696 g/mol. The van der Waals surface area contributed by atoms with Gasteiger partial charge in [0.1, 0.15) is 0 Å². The number of hydrogen-bond donors (Lipinski definition) is 0. The minimum Gasteiger partial charge on any atom is -0.315 e. The van der Waals surface area contributed by atoms with E-state index in [-0.39, 0.29) is 17.5 Å². The fraction of sp³-hybridized carbons (Fsp3) is 0.255. The van der Waals surface area contributed by atoms with Gasteiger partial charge in [-0.05, 0) is 122 Å². The Hall–Kier alpha value is -5.28. The largest absolute Gasteiger partial charge is 0.315 e. The average Bonchev–Trinajstić information content (AvgIpc) is 3.78. The fourth-order valence-electron chi connectivity index (χ4n) is 11.5. The molecule has 2 nitrogen and oxygen atoms in total. The molecule has 1 aliphatic carbocycles. The molecule has 4 aliphatic rings. The summed E-state index contributed by atoms with van der Waals surface area (Å²) in [6.45, 7) is 19.2. The molecule has 0 fully saturated rings. The minimum atomic E-state index is -0.457. The molecule has 54 heavy (non-hydrogen) atoms. The molecule has 12 rings (SSSR count). The SMILES string of the molecule is CCC(C)(C)c1cc2c3c(c1)c1cc(C(C)(C)CC)cc4c1n3-c1c(ccc3c1B2c1cccc2c(C)c(C)n-3c12)C41c2ccccc2-c2ccccc21. The fourth-order valence-corrected chi connectivity index (χ4v) is 11.5. The highest BCUT2D eigenvalue weighted by molar-refractivity contribution is 7.00. The summed E-state index contributed by atoms with van der Waals surface area (Å²) in [6, 6.07) is 41.2. The molecule has 0 unspecified atom stereocenters. The van der Waals surface area contributed by atoms with Gasteiger partial charge in [0.15, 0.2) is 0 Å². The van der Waals surface area contributed by atoms with Crippen LogP contribution in [-0.2, 0) is 16.2 Å². The molecule has 0 radical (unpaired) electrons. The lowest BCUT2D eigenvalue weighted by Crippen LogP contribution is -2.60. The third-order valence-corrected chi connectivity index (χ3v) is 15.2. The summed E-state index contributed by atoms with van der Waals surface area (Å²) in [7, 11) is 0. The zero-order valence-electron chi connectivity index (χ0n) is 32.7. The molecule has 262 valence electrons. The van der Waals surface area contributed by atoms with Crippen molar-refractivity contribution >= 4 is 55.8 Å². The lowest BCUT2D eigenvalue weighted by molar-refractivity contribution is 0.505. The molecule has 0 N–H and O–H groups in total. The van der Waals surface area contributed by atoms with Gasteiger partial charge >= 0.3 is 0 Å². The first kappa shape index (κ1) is 31.1. The molecule has 3 heteroatoms. The van der Waals surface area contributed by atoms with Gasteiger partial charge in [-0.15, -0.1) is 0 Å². The topological polar surface area (TPSA) is 9.86 Å². The maximum absolute atomic E-state index is 2.76. The van der Waals surface area contributed by atoms with Gasteiger partial charge in [0.05, 0.1) is 10.9 Å². The third-order valence-electron chi connectivity index (χ3n) is 15.2. The molecule has 8 aromatic rings. The summed E-state index contributed by atoms with van der Waals surface area (Å²) in [5.41, 5.74) is 24.9. The minimum absolute atomic E-state index is 0.0105. The molecular formula is C51H45BN2. The van der Waals surface area contributed by atoms with Crippen LogP contribution in [0.25, 0.3) is 55.2 Å². The zero-order valence-corrected chi connectivity index (χ0v) is 32.7. The van der Waals surface area contributed by atoms with Crippen molar-refractivity contribution in [1.82, 2.24) is 9.13 Å². The van der Waals surface area contributed by atoms with E-state index < -0.39 is 5.41 Å². The second-order valence-corrected chi connectivity index (χ2v) is 18.1. The van der Waals surface area contributed by atoms with E-state index in [0.29, 0.717) is 0 Å². The number of hydrogen-bond acceptors (Lipinski definition) is 0. The summed E-state index contributed by atoms with van der Waals surface area (Å²) in [4.78, 5) is 0. The van der Waals surface area contributed by atoms with Crippen LogP contribution in [-0.4, -0.2) is 15.8 Å². The summed E-state index contributed by atoms with van der Waals surface area (Å²) < 4.78 is 5.37. The molecule has 6 aromatic carbocycles. The van der Waals surface area contributed by atoms with Crippen molar-refractivity contribution in [3.05, 3.63) is 148 Å². The second kappa shape index (κ2) is 9.68. The van der Waals surface area contributed by atoms with Crippen LogP contribution < -0.4 is 16.4 Å². The van der Waals surface area contributed by atoms with Crippen LogP contribution >= 0.6 is 0 Å². The van der Waals surface area contributed by atoms with Crippen LogP contribution in [0.3, 0.4) is 0 Å². The van der Waals surface area contributed by atoms with E-state index in [1.165, 1.54) is 116 Å². The number of aryl methyl sites for hydroxylation is 1. The van der Waals surface area contributed by atoms with Crippen LogP contribution in [0.15, 0.2) is 103 Å². The Morgan fingerprint density at radius 1 is 0.556 bits per heavy atom. The highest BCUT2D eigenvalue weighted by atomic mass is 15.1. The Morgan fingerprint density at radius 3 is 1.83 bits per heavy atom. The molecule has 0 amide bonds. The van der Waals surface area contributed by atoms with Crippen LogP contribution in [0.2, 0.25) is 0 Å². The van der Waals surface area contributed by atoms with Crippen LogP contribution in [0.4, 0.5) is 0 Å². The van der Waals surface area contributed by atoms with E-state index in [1.54, 1.807) is 0 Å². The first-order valence-electron chi connectivity index (χ1n) is 20.2. The zero-order chi connectivity index (χ0) is 36.8. The Morgan fingerprint density at radius 2 is 1.17 bits per heavy atom. The summed E-state index contributed by atoms with van der Waals surface area (Å²) >= 11 is 0. The Balaban J connectivity index is 1.39. The smallest absolute Gasteiger partial charge is 0.252 e. The first-order chi connectivity index (χ1) is 26.0. The first-order valence-corrected chi connectivity index (χ1v) is 20.2. The lowest BCUT2D eigenvalue weighted by atomic mass is 9.33. The number of benzene rings is 6. The molecular weight excluding hydrogens is 651 g/mol. The van der Waals surface area contributed by atoms with Gasteiger partial charge in [0, 0.05) is 44.3 Å². The Bertz CT molecular complexity index is 3010. The molecule has 2 aromatic heterocycles. The van der Waals surface area contributed by atoms with Crippen molar-refractivity contribution in [2.75, 3.05) is 0 Å². The highest BCUT2D eigenvalue weighted by Gasteiger charge is 2.54. The Labute approximate surface area is 318 Å². The number of para-hydroxylation sites is 1. The summed E-state index contributed by atoms with van der Waals surface area (Å²) in [5.74, 6) is 0. The predicted molar refractivity (Wildman–Crippen MR) is 229 cm³/mol. The van der Waals surface area contributed by atoms with Gasteiger partial charge in [-0.2, -0.15) is 0 Å². The van der Waals surface area contributed by atoms with E-state index in [9.17, 15) is 0 Å². The van der Waals surface area contributed by atoms with E-state index in [1.807, 2.05) is 0 Å². The number of nitrogens with zero attached hydrogens (tertiary/aromatic N) is 2. The lowest BCUT2D eigenvalue weighted by Gasteiger charge is -2.44. The van der Waals surface area contributed by atoms with Gasteiger partial charge in [-0.1, -0.05) is 126 Å². The number of aromatic nitrogens is 2. The third kappa shape index (κ3) is 3.24. The average molecular weight is 697 g/mol. The molecule has 0 saturated carbocycles. The molecule has 5 heterocycles. The van der Waals surface area contributed by atoms with Gasteiger partial charge in [0.2, 0.25) is 0 Å². The number of rotatable bonds is 4. The van der Waals surface area contributed by atoms with Gasteiger partial charge < -0.3 is 9.13 Å². The molecule has 0 atom stereocenters. The molecule has 0 bridgehead atoms. The molecule has 1 spiro atoms. The summed E-state index contributed by atoms with van der Waals surface area (Å²) in [6.07, 6.45) is 2.16. The predicted octanol–water partition coefficient (Wildman–Crippen LogP) is 10.5. The van der Waals surface area contributed by atoms with Gasteiger partial charge in [-0.3, -0.25) is 0 Å². The highest BCUT2D eigenvalue weighted by Crippen LogP contribution is 2.62. The molecule has 0 saturated heterocycles.